The van der Waals surface area contributed by atoms with Crippen LogP contribution in [0, 0.1) is 0 Å². The number of benzene rings is 2. The van der Waals surface area contributed by atoms with Gasteiger partial charge in [0.05, 0.1) is 23.4 Å². The fraction of sp³-hybridized carbons (Fsp3) is 0.435. The maximum absolute atomic E-state index is 12.4. The Bertz CT molecular complexity index is 970. The highest BCUT2D eigenvalue weighted by atomic mass is 127. The Balaban J connectivity index is 0.00000363. The van der Waals surface area contributed by atoms with Gasteiger partial charge in [0.2, 0.25) is 0 Å². The van der Waals surface area contributed by atoms with Crippen LogP contribution in [-0.2, 0) is 9.84 Å². The van der Waals surface area contributed by atoms with Crippen LogP contribution >= 0.6 is 24.0 Å². The fourth-order valence-electron chi connectivity index (χ4n) is 3.69. The van der Waals surface area contributed by atoms with E-state index >= 15 is 0 Å². The minimum atomic E-state index is -3.27. The second-order valence-electron chi connectivity index (χ2n) is 7.49. The number of hydrogen-bond donors (Lipinski definition) is 2. The summed E-state index contributed by atoms with van der Waals surface area (Å²) in [5.74, 6) is 1.69. The number of para-hydroxylation sites is 2. The predicted molar refractivity (Wildman–Crippen MR) is 141 cm³/mol. The predicted octanol–water partition coefficient (Wildman–Crippen LogP) is 3.31. The van der Waals surface area contributed by atoms with Gasteiger partial charge in [0.1, 0.15) is 5.75 Å². The summed E-state index contributed by atoms with van der Waals surface area (Å²) in [6, 6.07) is 16.9. The Kier molecular flexibility index (Phi) is 10.6. The zero-order valence-electron chi connectivity index (χ0n) is 18.7. The topological polar surface area (TPSA) is 83.0 Å². The molecular formula is C23H33IN4O3S. The number of aliphatic imine (C=N–C) groups is 1. The molecular weight excluding hydrogens is 539 g/mol. The number of guanidine groups is 1. The highest BCUT2D eigenvalue weighted by Gasteiger charge is 2.25. The number of anilines is 1. The van der Waals surface area contributed by atoms with Gasteiger partial charge in [0, 0.05) is 32.2 Å². The van der Waals surface area contributed by atoms with Crippen molar-refractivity contribution in [3.8, 4) is 5.75 Å². The summed E-state index contributed by atoms with van der Waals surface area (Å²) in [7, 11) is -1.57. The van der Waals surface area contributed by atoms with Gasteiger partial charge in [-0.15, -0.1) is 24.0 Å². The van der Waals surface area contributed by atoms with E-state index in [-0.39, 0.29) is 35.8 Å². The van der Waals surface area contributed by atoms with Crippen molar-refractivity contribution >= 4 is 45.5 Å². The van der Waals surface area contributed by atoms with E-state index < -0.39 is 9.84 Å². The number of ether oxygens (including phenoxy) is 1. The van der Waals surface area contributed by atoms with Gasteiger partial charge in [-0.25, -0.2) is 8.42 Å². The number of halogens is 1. The monoisotopic (exact) mass is 572 g/mol. The maximum atomic E-state index is 12.4. The van der Waals surface area contributed by atoms with E-state index in [1.807, 2.05) is 31.2 Å². The molecule has 2 aromatic carbocycles. The SMILES string of the molecule is CCNC(=NCCCS(=O)(=O)c1ccccc1)NC1CCN(c2ccccc2OC)C1.I. The van der Waals surface area contributed by atoms with Crippen molar-refractivity contribution in [1.82, 2.24) is 10.6 Å². The third kappa shape index (κ3) is 7.26. The average Bonchev–Trinajstić information content (AvgIpc) is 3.25. The Labute approximate surface area is 208 Å². The van der Waals surface area contributed by atoms with Crippen molar-refractivity contribution in [3.05, 3.63) is 54.6 Å². The highest BCUT2D eigenvalue weighted by Crippen LogP contribution is 2.30. The zero-order chi connectivity index (χ0) is 22.1. The molecule has 2 N–H and O–H groups in total. The van der Waals surface area contributed by atoms with Crippen LogP contribution in [0.15, 0.2) is 64.5 Å². The molecule has 0 radical (unpaired) electrons. The van der Waals surface area contributed by atoms with Crippen LogP contribution in [0.25, 0.3) is 0 Å². The summed E-state index contributed by atoms with van der Waals surface area (Å²) in [4.78, 5) is 7.27. The molecule has 0 saturated carbocycles. The summed E-state index contributed by atoms with van der Waals surface area (Å²) in [6.45, 7) is 5.01. The maximum Gasteiger partial charge on any atom is 0.191 e. The van der Waals surface area contributed by atoms with Gasteiger partial charge in [-0.3, -0.25) is 4.99 Å². The molecule has 1 fully saturated rings. The third-order valence-electron chi connectivity index (χ3n) is 5.24. The molecule has 7 nitrogen and oxygen atoms in total. The number of methoxy groups -OCH3 is 1. The Morgan fingerprint density at radius 3 is 2.59 bits per heavy atom. The minimum absolute atomic E-state index is 0. The van der Waals surface area contributed by atoms with Crippen molar-refractivity contribution in [3.63, 3.8) is 0 Å². The molecule has 0 bridgehead atoms. The normalized spacial score (nSPS) is 16.4. The molecule has 0 amide bonds. The summed E-state index contributed by atoms with van der Waals surface area (Å²) in [6.07, 6.45) is 1.47. The lowest BCUT2D eigenvalue weighted by Gasteiger charge is -2.22. The van der Waals surface area contributed by atoms with Gasteiger partial charge >= 0.3 is 0 Å². The third-order valence-corrected chi connectivity index (χ3v) is 7.06. The quantitative estimate of drug-likeness (QED) is 0.208. The van der Waals surface area contributed by atoms with Gasteiger partial charge in [0.15, 0.2) is 15.8 Å². The Morgan fingerprint density at radius 1 is 1.16 bits per heavy atom. The van der Waals surface area contributed by atoms with E-state index in [0.29, 0.717) is 17.9 Å². The Morgan fingerprint density at radius 2 is 1.88 bits per heavy atom. The number of rotatable bonds is 9. The van der Waals surface area contributed by atoms with E-state index in [4.69, 9.17) is 4.74 Å². The first-order valence-corrected chi connectivity index (χ1v) is 12.4. The van der Waals surface area contributed by atoms with Crippen LogP contribution in [0.3, 0.4) is 0 Å². The first-order chi connectivity index (χ1) is 15.0. The molecule has 1 saturated heterocycles. The molecule has 1 aliphatic heterocycles. The molecule has 9 heteroatoms. The molecule has 1 aliphatic rings. The number of sulfone groups is 1. The number of hydrogen-bond acceptors (Lipinski definition) is 5. The van der Waals surface area contributed by atoms with E-state index in [1.165, 1.54) is 0 Å². The molecule has 0 spiro atoms. The summed E-state index contributed by atoms with van der Waals surface area (Å²) in [5, 5.41) is 6.75. The van der Waals surface area contributed by atoms with Gasteiger partial charge in [0.25, 0.3) is 0 Å². The van der Waals surface area contributed by atoms with E-state index in [0.717, 1.165) is 43.5 Å². The van der Waals surface area contributed by atoms with Crippen LogP contribution in [-0.4, -0.2) is 59.5 Å². The van der Waals surface area contributed by atoms with Crippen molar-refractivity contribution in [1.29, 1.82) is 0 Å². The lowest BCUT2D eigenvalue weighted by molar-refractivity contribution is 0.415. The van der Waals surface area contributed by atoms with Crippen molar-refractivity contribution in [2.75, 3.05) is 43.9 Å². The number of nitrogens with zero attached hydrogens (tertiary/aromatic N) is 2. The standard InChI is InChI=1S/C23H32N4O3S.HI/c1-3-24-23(25-15-9-17-31(28,29)20-10-5-4-6-11-20)26-19-14-16-27(18-19)21-12-7-8-13-22(21)30-2;/h4-8,10-13,19H,3,9,14-18H2,1-2H3,(H2,24,25,26);1H. The average molecular weight is 573 g/mol. The molecule has 32 heavy (non-hydrogen) atoms. The summed E-state index contributed by atoms with van der Waals surface area (Å²) in [5.41, 5.74) is 1.10. The van der Waals surface area contributed by atoms with Crippen molar-refractivity contribution in [2.24, 2.45) is 4.99 Å². The lowest BCUT2D eigenvalue weighted by atomic mass is 10.2. The number of nitrogens with one attached hydrogen (secondary N) is 2. The lowest BCUT2D eigenvalue weighted by Crippen LogP contribution is -2.44. The van der Waals surface area contributed by atoms with Crippen LogP contribution in [0.5, 0.6) is 5.75 Å². The van der Waals surface area contributed by atoms with E-state index in [9.17, 15) is 8.42 Å². The van der Waals surface area contributed by atoms with Gasteiger partial charge in [-0.1, -0.05) is 30.3 Å². The van der Waals surface area contributed by atoms with E-state index in [1.54, 1.807) is 31.4 Å². The molecule has 1 heterocycles. The smallest absolute Gasteiger partial charge is 0.191 e. The van der Waals surface area contributed by atoms with Crippen LogP contribution in [0.4, 0.5) is 5.69 Å². The largest absolute Gasteiger partial charge is 0.495 e. The Hall–Kier alpha value is -2.01. The van der Waals surface area contributed by atoms with Gasteiger partial charge in [-0.2, -0.15) is 0 Å². The van der Waals surface area contributed by atoms with Crippen molar-refractivity contribution in [2.45, 2.75) is 30.7 Å². The van der Waals surface area contributed by atoms with Gasteiger partial charge < -0.3 is 20.3 Å². The minimum Gasteiger partial charge on any atom is -0.495 e. The summed E-state index contributed by atoms with van der Waals surface area (Å²) >= 11 is 0. The van der Waals surface area contributed by atoms with Crippen LogP contribution in [0.1, 0.15) is 19.8 Å². The van der Waals surface area contributed by atoms with E-state index in [2.05, 4.69) is 26.6 Å². The van der Waals surface area contributed by atoms with Crippen LogP contribution in [0.2, 0.25) is 0 Å². The first kappa shape index (κ1) is 26.2. The van der Waals surface area contributed by atoms with Gasteiger partial charge in [-0.05, 0) is 44.0 Å². The molecule has 0 aliphatic carbocycles. The molecule has 1 unspecified atom stereocenters. The highest BCUT2D eigenvalue weighted by molar-refractivity contribution is 14.0. The van der Waals surface area contributed by atoms with Crippen LogP contribution < -0.4 is 20.3 Å². The second-order valence-corrected chi connectivity index (χ2v) is 9.60. The summed E-state index contributed by atoms with van der Waals surface area (Å²) < 4.78 is 30.3. The molecule has 1 atom stereocenters. The molecule has 2 aromatic rings. The zero-order valence-corrected chi connectivity index (χ0v) is 21.8. The molecule has 176 valence electrons. The van der Waals surface area contributed by atoms with Crippen molar-refractivity contribution < 1.29 is 13.2 Å². The second kappa shape index (κ2) is 12.9. The molecule has 0 aromatic heterocycles. The molecule has 3 rings (SSSR count). The first-order valence-electron chi connectivity index (χ1n) is 10.7. The fourth-order valence-corrected chi connectivity index (χ4v) is 5.01.